The number of anilines is 2. The zero-order valence-electron chi connectivity index (χ0n) is 19.3. The maximum absolute atomic E-state index is 13.0. The Morgan fingerprint density at radius 1 is 1.18 bits per heavy atom. The molecule has 3 amide bonds. The summed E-state index contributed by atoms with van der Waals surface area (Å²) in [6.45, 7) is 5.80. The van der Waals surface area contributed by atoms with Crippen molar-refractivity contribution in [3.8, 4) is 5.75 Å². The summed E-state index contributed by atoms with van der Waals surface area (Å²) in [6.07, 6.45) is 0.797. The molecule has 0 bridgehead atoms. The van der Waals surface area contributed by atoms with E-state index in [0.29, 0.717) is 48.9 Å². The van der Waals surface area contributed by atoms with Gasteiger partial charge in [-0.05, 0) is 50.1 Å². The Labute approximate surface area is 194 Å². The molecule has 8 heteroatoms. The number of methoxy groups -OCH3 is 1. The molecular weight excluding hydrogens is 422 g/mol. The van der Waals surface area contributed by atoms with Gasteiger partial charge in [-0.3, -0.25) is 14.4 Å². The highest BCUT2D eigenvalue weighted by Crippen LogP contribution is 2.34. The maximum Gasteiger partial charge on any atom is 0.253 e. The van der Waals surface area contributed by atoms with Crippen molar-refractivity contribution >= 4 is 29.1 Å². The molecule has 176 valence electrons. The Bertz CT molecular complexity index is 1010. The molecule has 2 aromatic carbocycles. The molecule has 0 aliphatic carbocycles. The van der Waals surface area contributed by atoms with E-state index in [2.05, 4.69) is 10.6 Å². The third-order valence-corrected chi connectivity index (χ3v) is 5.51. The molecule has 1 aliphatic heterocycles. The van der Waals surface area contributed by atoms with Gasteiger partial charge in [-0.25, -0.2) is 0 Å². The first-order valence-corrected chi connectivity index (χ1v) is 11.2. The lowest BCUT2D eigenvalue weighted by Gasteiger charge is -2.20. The number of carbonyl (C=O) groups excluding carboxylic acids is 3. The van der Waals surface area contributed by atoms with Gasteiger partial charge >= 0.3 is 0 Å². The molecule has 1 heterocycles. The van der Waals surface area contributed by atoms with Crippen LogP contribution in [0.15, 0.2) is 42.5 Å². The summed E-state index contributed by atoms with van der Waals surface area (Å²) in [5.41, 5.74) is 2.45. The van der Waals surface area contributed by atoms with Crippen molar-refractivity contribution < 1.29 is 23.9 Å². The van der Waals surface area contributed by atoms with Gasteiger partial charge in [-0.15, -0.1) is 0 Å². The van der Waals surface area contributed by atoms with Crippen molar-refractivity contribution in [1.29, 1.82) is 0 Å². The average Bonchev–Trinajstić information content (AvgIpc) is 3.20. The van der Waals surface area contributed by atoms with Crippen molar-refractivity contribution in [2.45, 2.75) is 26.7 Å². The van der Waals surface area contributed by atoms with Crippen LogP contribution in [0, 0.1) is 12.8 Å². The molecule has 1 unspecified atom stereocenters. The lowest BCUT2D eigenvalue weighted by atomic mass is 10.1. The molecule has 0 spiro atoms. The zero-order valence-corrected chi connectivity index (χ0v) is 19.3. The Balaban J connectivity index is 1.66. The summed E-state index contributed by atoms with van der Waals surface area (Å²) in [6, 6.07) is 12.5. The van der Waals surface area contributed by atoms with E-state index in [1.165, 1.54) is 0 Å². The highest BCUT2D eigenvalue weighted by molar-refractivity contribution is 6.07. The molecule has 1 saturated heterocycles. The van der Waals surface area contributed by atoms with Gasteiger partial charge in [0.05, 0.1) is 30.0 Å². The van der Waals surface area contributed by atoms with E-state index < -0.39 is 5.92 Å². The normalized spacial score (nSPS) is 15.4. The van der Waals surface area contributed by atoms with Crippen molar-refractivity contribution in [2.75, 3.05) is 43.6 Å². The molecule has 2 aromatic rings. The van der Waals surface area contributed by atoms with Crippen LogP contribution >= 0.6 is 0 Å². The minimum Gasteiger partial charge on any atom is -0.495 e. The fraction of sp³-hybridized carbons (Fsp3) is 0.400. The number of hydrogen-bond acceptors (Lipinski definition) is 5. The Morgan fingerprint density at radius 2 is 1.97 bits per heavy atom. The smallest absolute Gasteiger partial charge is 0.253 e. The fourth-order valence-corrected chi connectivity index (χ4v) is 3.77. The van der Waals surface area contributed by atoms with Gasteiger partial charge in [0.25, 0.3) is 5.91 Å². The summed E-state index contributed by atoms with van der Waals surface area (Å²) >= 11 is 0. The SMILES string of the molecule is CCOCCCNC(=O)c1ccccc1NC(=O)C1CC(=O)N(c2cc(C)ccc2OC)C1. The van der Waals surface area contributed by atoms with Crippen LogP contribution in [0.2, 0.25) is 0 Å². The second-order valence-corrected chi connectivity index (χ2v) is 7.92. The van der Waals surface area contributed by atoms with E-state index in [9.17, 15) is 14.4 Å². The molecule has 1 aliphatic rings. The third-order valence-electron chi connectivity index (χ3n) is 5.51. The van der Waals surface area contributed by atoms with Gasteiger partial charge in [0.1, 0.15) is 5.75 Å². The molecule has 1 atom stereocenters. The average molecular weight is 454 g/mol. The minimum absolute atomic E-state index is 0.0920. The van der Waals surface area contributed by atoms with Crippen molar-refractivity contribution in [2.24, 2.45) is 5.92 Å². The summed E-state index contributed by atoms with van der Waals surface area (Å²) in [5, 5.41) is 5.69. The topological polar surface area (TPSA) is 97.0 Å². The van der Waals surface area contributed by atoms with Crippen LogP contribution in [0.1, 0.15) is 35.7 Å². The standard InChI is InChI=1S/C25H31N3O5/c1-4-33-13-7-12-26-25(31)19-8-5-6-9-20(19)27-24(30)18-15-23(29)28(16-18)21-14-17(2)10-11-22(21)32-3/h5-6,8-11,14,18H,4,7,12-13,15-16H2,1-3H3,(H,26,31)(H,27,30). The van der Waals surface area contributed by atoms with E-state index in [-0.39, 0.29) is 30.7 Å². The van der Waals surface area contributed by atoms with Gasteiger partial charge in [0, 0.05) is 32.7 Å². The number of carbonyl (C=O) groups is 3. The van der Waals surface area contributed by atoms with Crippen LogP contribution in [-0.2, 0) is 14.3 Å². The second kappa shape index (κ2) is 11.5. The Hall–Kier alpha value is -3.39. The number of amides is 3. The number of nitrogens with one attached hydrogen (secondary N) is 2. The van der Waals surface area contributed by atoms with E-state index in [1.54, 1.807) is 36.3 Å². The molecule has 1 fully saturated rings. The molecule has 33 heavy (non-hydrogen) atoms. The summed E-state index contributed by atoms with van der Waals surface area (Å²) in [7, 11) is 1.55. The third kappa shape index (κ3) is 6.10. The van der Waals surface area contributed by atoms with Crippen LogP contribution in [0.5, 0.6) is 5.75 Å². The van der Waals surface area contributed by atoms with E-state index in [1.807, 2.05) is 32.0 Å². The molecule has 8 nitrogen and oxygen atoms in total. The van der Waals surface area contributed by atoms with Gasteiger partial charge in [-0.2, -0.15) is 0 Å². The first-order chi connectivity index (χ1) is 15.9. The number of nitrogens with zero attached hydrogens (tertiary/aromatic N) is 1. The quantitative estimate of drug-likeness (QED) is 0.539. The molecule has 0 radical (unpaired) electrons. The zero-order chi connectivity index (χ0) is 23.8. The lowest BCUT2D eigenvalue weighted by Crippen LogP contribution is -2.30. The summed E-state index contributed by atoms with van der Waals surface area (Å²) in [4.78, 5) is 39.9. The van der Waals surface area contributed by atoms with Crippen molar-refractivity contribution in [3.63, 3.8) is 0 Å². The van der Waals surface area contributed by atoms with Crippen molar-refractivity contribution in [1.82, 2.24) is 5.32 Å². The highest BCUT2D eigenvalue weighted by Gasteiger charge is 2.36. The minimum atomic E-state index is -0.537. The number of aryl methyl sites for hydroxylation is 1. The van der Waals surface area contributed by atoms with Gasteiger partial charge in [0.2, 0.25) is 11.8 Å². The molecule has 0 aromatic heterocycles. The molecule has 2 N–H and O–H groups in total. The van der Waals surface area contributed by atoms with Crippen LogP contribution in [0.25, 0.3) is 0 Å². The number of hydrogen-bond donors (Lipinski definition) is 2. The predicted octanol–water partition coefficient (Wildman–Crippen LogP) is 3.15. The van der Waals surface area contributed by atoms with E-state index in [4.69, 9.17) is 9.47 Å². The maximum atomic E-state index is 13.0. The first-order valence-electron chi connectivity index (χ1n) is 11.2. The monoisotopic (exact) mass is 453 g/mol. The van der Waals surface area contributed by atoms with Crippen LogP contribution < -0.4 is 20.3 Å². The number of ether oxygens (including phenoxy) is 2. The van der Waals surface area contributed by atoms with E-state index in [0.717, 1.165) is 5.56 Å². The lowest BCUT2D eigenvalue weighted by molar-refractivity contribution is -0.122. The van der Waals surface area contributed by atoms with Gasteiger partial charge in [-0.1, -0.05) is 18.2 Å². The van der Waals surface area contributed by atoms with E-state index >= 15 is 0 Å². The molecular formula is C25H31N3O5. The molecule has 0 saturated carbocycles. The first kappa shape index (κ1) is 24.3. The number of benzene rings is 2. The van der Waals surface area contributed by atoms with Crippen LogP contribution in [0.3, 0.4) is 0 Å². The summed E-state index contributed by atoms with van der Waals surface area (Å²) < 4.78 is 10.7. The highest BCUT2D eigenvalue weighted by atomic mass is 16.5. The Morgan fingerprint density at radius 3 is 2.73 bits per heavy atom. The predicted molar refractivity (Wildman–Crippen MR) is 127 cm³/mol. The van der Waals surface area contributed by atoms with Crippen molar-refractivity contribution in [3.05, 3.63) is 53.6 Å². The Kier molecular flexibility index (Phi) is 8.43. The largest absolute Gasteiger partial charge is 0.495 e. The van der Waals surface area contributed by atoms with Gasteiger partial charge < -0.3 is 25.0 Å². The van der Waals surface area contributed by atoms with Crippen LogP contribution in [0.4, 0.5) is 11.4 Å². The summed E-state index contributed by atoms with van der Waals surface area (Å²) in [5.74, 6) is -0.657. The number of para-hydroxylation sites is 1. The van der Waals surface area contributed by atoms with Crippen LogP contribution in [-0.4, -0.2) is 51.1 Å². The fourth-order valence-electron chi connectivity index (χ4n) is 3.77. The second-order valence-electron chi connectivity index (χ2n) is 7.92. The molecule has 3 rings (SSSR count). The van der Waals surface area contributed by atoms with Gasteiger partial charge in [0.15, 0.2) is 0 Å². The number of rotatable bonds is 10.